The number of ketones is 1. The maximum atomic E-state index is 12.1. The molecule has 25 heavy (non-hydrogen) atoms. The van der Waals surface area contributed by atoms with Gasteiger partial charge in [-0.05, 0) is 32.9 Å². The van der Waals surface area contributed by atoms with Crippen molar-refractivity contribution in [2.45, 2.75) is 38.2 Å². The van der Waals surface area contributed by atoms with Crippen LogP contribution in [0.15, 0.2) is 29.2 Å². The van der Waals surface area contributed by atoms with Gasteiger partial charge in [0.1, 0.15) is 0 Å². The quantitative estimate of drug-likeness (QED) is 0.486. The van der Waals surface area contributed by atoms with Crippen LogP contribution >= 0.6 is 0 Å². The van der Waals surface area contributed by atoms with Crippen molar-refractivity contribution >= 4 is 27.7 Å². The maximum Gasteiger partial charge on any atom is 0.307 e. The Bertz CT molecular complexity index is 727. The molecule has 0 bridgehead atoms. The number of hydrogen-bond donors (Lipinski definition) is 2. The van der Waals surface area contributed by atoms with Crippen molar-refractivity contribution < 1.29 is 27.5 Å². The first-order valence-electron chi connectivity index (χ1n) is 7.75. The average Bonchev–Trinajstić information content (AvgIpc) is 2.54. The molecule has 0 aliphatic rings. The first-order chi connectivity index (χ1) is 11.7. The molecule has 0 unspecified atom stereocenters. The number of esters is 1. The van der Waals surface area contributed by atoms with Gasteiger partial charge >= 0.3 is 5.97 Å². The summed E-state index contributed by atoms with van der Waals surface area (Å²) in [6.45, 7) is 4.81. The van der Waals surface area contributed by atoms with E-state index < -0.39 is 28.0 Å². The summed E-state index contributed by atoms with van der Waals surface area (Å²) in [5.41, 5.74) is 0.405. The van der Waals surface area contributed by atoms with E-state index in [0.29, 0.717) is 12.1 Å². The van der Waals surface area contributed by atoms with Gasteiger partial charge in [0.05, 0.1) is 11.3 Å². The number of ether oxygens (including phenoxy) is 1. The van der Waals surface area contributed by atoms with Gasteiger partial charge in [-0.2, -0.15) is 0 Å². The Balaban J connectivity index is 2.52. The number of nitrogens with one attached hydrogen (secondary N) is 2. The Hall–Kier alpha value is -2.26. The van der Waals surface area contributed by atoms with Gasteiger partial charge in [0.15, 0.2) is 11.9 Å². The molecule has 1 amide bonds. The minimum absolute atomic E-state index is 0.0124. The number of benzene rings is 1. The average molecular weight is 370 g/mol. The number of rotatable bonds is 9. The van der Waals surface area contributed by atoms with Crippen LogP contribution in [0.3, 0.4) is 0 Å². The summed E-state index contributed by atoms with van der Waals surface area (Å²) in [7, 11) is -3.80. The summed E-state index contributed by atoms with van der Waals surface area (Å²) in [6.07, 6.45) is -1.16. The standard InChI is InChI=1S/C16H22N2O6S/c1-4-17-16(21)12(3)24-15(20)9-10-18-25(22,23)14-7-5-13(6-8-14)11(2)19/h5-8,12,18H,4,9-10H2,1-3H3,(H,17,21)/t12-/m1/s1. The van der Waals surface area contributed by atoms with Gasteiger partial charge in [0.2, 0.25) is 10.0 Å². The molecule has 1 aromatic rings. The summed E-state index contributed by atoms with van der Waals surface area (Å²) < 4.78 is 31.4. The van der Waals surface area contributed by atoms with E-state index in [-0.39, 0.29) is 23.6 Å². The van der Waals surface area contributed by atoms with Crippen LogP contribution in [0, 0.1) is 0 Å². The minimum atomic E-state index is -3.80. The SMILES string of the molecule is CCNC(=O)[C@@H](C)OC(=O)CCNS(=O)(=O)c1ccc(C(C)=O)cc1. The maximum absolute atomic E-state index is 12.1. The van der Waals surface area contributed by atoms with Crippen molar-refractivity contribution in [3.8, 4) is 0 Å². The molecular weight excluding hydrogens is 348 g/mol. The Morgan fingerprint density at radius 1 is 1.16 bits per heavy atom. The molecule has 1 aromatic carbocycles. The lowest BCUT2D eigenvalue weighted by Gasteiger charge is -2.13. The first-order valence-corrected chi connectivity index (χ1v) is 9.23. The van der Waals surface area contributed by atoms with Crippen molar-refractivity contribution in [1.29, 1.82) is 0 Å². The highest BCUT2D eigenvalue weighted by molar-refractivity contribution is 7.89. The molecule has 2 N–H and O–H groups in total. The van der Waals surface area contributed by atoms with Crippen LogP contribution in [0.4, 0.5) is 0 Å². The summed E-state index contributed by atoms with van der Waals surface area (Å²) in [5, 5.41) is 2.51. The van der Waals surface area contributed by atoms with E-state index in [4.69, 9.17) is 4.74 Å². The van der Waals surface area contributed by atoms with Gasteiger partial charge in [-0.25, -0.2) is 13.1 Å². The number of carbonyl (C=O) groups is 3. The number of carbonyl (C=O) groups excluding carboxylic acids is 3. The smallest absolute Gasteiger partial charge is 0.307 e. The lowest BCUT2D eigenvalue weighted by Crippen LogP contribution is -2.36. The third-order valence-corrected chi connectivity index (χ3v) is 4.70. The van der Waals surface area contributed by atoms with E-state index in [9.17, 15) is 22.8 Å². The van der Waals surface area contributed by atoms with Crippen LogP contribution < -0.4 is 10.0 Å². The predicted molar refractivity (Wildman–Crippen MR) is 90.5 cm³/mol. The second-order valence-corrected chi connectivity index (χ2v) is 7.02. The Kier molecular flexibility index (Phi) is 7.72. The topological polar surface area (TPSA) is 119 Å². The molecule has 0 heterocycles. The molecule has 8 nitrogen and oxygen atoms in total. The van der Waals surface area contributed by atoms with Crippen LogP contribution in [-0.2, 0) is 24.3 Å². The molecular formula is C16H22N2O6S. The van der Waals surface area contributed by atoms with Gasteiger partial charge in [0, 0.05) is 18.7 Å². The highest BCUT2D eigenvalue weighted by Gasteiger charge is 2.18. The molecule has 0 aliphatic carbocycles. The zero-order valence-electron chi connectivity index (χ0n) is 14.4. The minimum Gasteiger partial charge on any atom is -0.453 e. The summed E-state index contributed by atoms with van der Waals surface area (Å²) >= 11 is 0. The van der Waals surface area contributed by atoms with E-state index in [1.807, 2.05) is 0 Å². The molecule has 138 valence electrons. The van der Waals surface area contributed by atoms with Gasteiger partial charge in [-0.15, -0.1) is 0 Å². The molecule has 0 aliphatic heterocycles. The summed E-state index contributed by atoms with van der Waals surface area (Å²) in [5.74, 6) is -1.27. The fourth-order valence-electron chi connectivity index (χ4n) is 1.87. The normalized spacial score (nSPS) is 12.3. The highest BCUT2D eigenvalue weighted by atomic mass is 32.2. The number of amides is 1. The fraction of sp³-hybridized carbons (Fsp3) is 0.438. The van der Waals surface area contributed by atoms with Crippen molar-refractivity contribution in [3.05, 3.63) is 29.8 Å². The molecule has 0 spiro atoms. The van der Waals surface area contributed by atoms with Gasteiger partial charge in [-0.3, -0.25) is 14.4 Å². The van der Waals surface area contributed by atoms with Crippen LogP contribution in [0.1, 0.15) is 37.6 Å². The van der Waals surface area contributed by atoms with Crippen molar-refractivity contribution in [1.82, 2.24) is 10.0 Å². The molecule has 0 fully saturated rings. The summed E-state index contributed by atoms with van der Waals surface area (Å²) in [4.78, 5) is 34.3. The third-order valence-electron chi connectivity index (χ3n) is 3.22. The number of likely N-dealkylation sites (N-methyl/N-ethyl adjacent to an activating group) is 1. The zero-order valence-corrected chi connectivity index (χ0v) is 15.2. The number of sulfonamides is 1. The van der Waals surface area contributed by atoms with Crippen LogP contribution in [0.2, 0.25) is 0 Å². The van der Waals surface area contributed by atoms with Crippen LogP contribution in [-0.4, -0.2) is 45.3 Å². The van der Waals surface area contributed by atoms with Crippen molar-refractivity contribution in [2.24, 2.45) is 0 Å². The van der Waals surface area contributed by atoms with E-state index in [1.54, 1.807) is 6.92 Å². The molecule has 1 atom stereocenters. The number of hydrogen-bond acceptors (Lipinski definition) is 6. The Labute approximate surface area is 147 Å². The van der Waals surface area contributed by atoms with Gasteiger partial charge in [0.25, 0.3) is 5.91 Å². The molecule has 0 saturated carbocycles. The Morgan fingerprint density at radius 3 is 2.28 bits per heavy atom. The zero-order chi connectivity index (χ0) is 19.0. The van der Waals surface area contributed by atoms with Crippen molar-refractivity contribution in [3.63, 3.8) is 0 Å². The lowest BCUT2D eigenvalue weighted by molar-refractivity contribution is -0.154. The first kappa shape index (κ1) is 20.8. The largest absolute Gasteiger partial charge is 0.453 e. The second-order valence-electron chi connectivity index (χ2n) is 5.26. The van der Waals surface area contributed by atoms with E-state index >= 15 is 0 Å². The predicted octanol–water partition coefficient (Wildman–Crippen LogP) is 0.625. The molecule has 0 aromatic heterocycles. The molecule has 1 rings (SSSR count). The molecule has 9 heteroatoms. The fourth-order valence-corrected chi connectivity index (χ4v) is 2.90. The highest BCUT2D eigenvalue weighted by Crippen LogP contribution is 2.11. The van der Waals surface area contributed by atoms with E-state index in [1.165, 1.54) is 38.1 Å². The van der Waals surface area contributed by atoms with Gasteiger partial charge in [-0.1, -0.05) is 12.1 Å². The number of Topliss-reactive ketones (excluding diaryl/α,β-unsaturated/α-hetero) is 1. The monoisotopic (exact) mass is 370 g/mol. The van der Waals surface area contributed by atoms with Crippen molar-refractivity contribution in [2.75, 3.05) is 13.1 Å². The third kappa shape index (κ3) is 6.63. The Morgan fingerprint density at radius 2 is 1.76 bits per heavy atom. The lowest BCUT2D eigenvalue weighted by atomic mass is 10.2. The van der Waals surface area contributed by atoms with Crippen LogP contribution in [0.25, 0.3) is 0 Å². The second kappa shape index (κ2) is 9.28. The van der Waals surface area contributed by atoms with E-state index in [2.05, 4.69) is 10.0 Å². The molecule has 0 saturated heterocycles. The van der Waals surface area contributed by atoms with Crippen LogP contribution in [0.5, 0.6) is 0 Å². The van der Waals surface area contributed by atoms with E-state index in [0.717, 1.165) is 0 Å². The van der Waals surface area contributed by atoms with Gasteiger partial charge < -0.3 is 10.1 Å². The molecule has 0 radical (unpaired) electrons. The summed E-state index contributed by atoms with van der Waals surface area (Å²) in [6, 6.07) is 5.46.